The summed E-state index contributed by atoms with van der Waals surface area (Å²) in [5, 5.41) is 3.30. The first kappa shape index (κ1) is 14.7. The van der Waals surface area contributed by atoms with Crippen molar-refractivity contribution in [1.29, 1.82) is 0 Å². The Morgan fingerprint density at radius 1 is 1.33 bits per heavy atom. The van der Waals surface area contributed by atoms with Crippen LogP contribution in [-0.2, 0) is 19.2 Å². The van der Waals surface area contributed by atoms with Gasteiger partial charge in [-0.25, -0.2) is 4.79 Å². The topological polar surface area (TPSA) is 94.2 Å². The molecule has 0 aromatic rings. The van der Waals surface area contributed by atoms with Gasteiger partial charge >= 0.3 is 5.97 Å². The molecule has 102 valence electrons. The Morgan fingerprint density at radius 3 is 2.61 bits per heavy atom. The number of nitrogens with zero attached hydrogens (tertiary/aromatic N) is 2. The summed E-state index contributed by atoms with van der Waals surface area (Å²) in [6.07, 6.45) is 0.0599. The number of carbonyl (C=O) groups excluding carboxylic acids is 2. The molecule has 0 spiro atoms. The quantitative estimate of drug-likeness (QED) is 0.244. The van der Waals surface area contributed by atoms with E-state index in [0.717, 1.165) is 0 Å². The lowest BCUT2D eigenvalue weighted by atomic mass is 10.2. The van der Waals surface area contributed by atoms with Crippen LogP contribution in [-0.4, -0.2) is 54.8 Å². The van der Waals surface area contributed by atoms with Gasteiger partial charge in [0.2, 0.25) is 5.91 Å². The molecule has 0 aromatic carbocycles. The zero-order valence-corrected chi connectivity index (χ0v) is 10.7. The Kier molecular flexibility index (Phi) is 6.45. The molecule has 1 fully saturated rings. The maximum atomic E-state index is 11.7. The maximum absolute atomic E-state index is 11.7. The molecule has 8 heteroatoms. The first-order chi connectivity index (χ1) is 8.63. The number of hydrogen-bond donors (Lipinski definition) is 1. The molecule has 0 saturated carbocycles. The second-order valence-corrected chi connectivity index (χ2v) is 3.94. The number of ether oxygens (including phenoxy) is 1. The average Bonchev–Trinajstić information content (AvgIpc) is 2.42. The lowest BCUT2D eigenvalue weighted by molar-refractivity contribution is -0.147. The molecule has 1 aliphatic heterocycles. The van der Waals surface area contributed by atoms with E-state index in [-0.39, 0.29) is 30.5 Å². The summed E-state index contributed by atoms with van der Waals surface area (Å²) in [5.41, 5.74) is 5.25. The van der Waals surface area contributed by atoms with Gasteiger partial charge in [-0.15, -0.1) is 11.6 Å². The first-order valence-electron chi connectivity index (χ1n) is 5.57. The molecule has 2 N–H and O–H groups in total. The zero-order chi connectivity index (χ0) is 13.4. The summed E-state index contributed by atoms with van der Waals surface area (Å²) in [6.45, 7) is 2.19. The van der Waals surface area contributed by atoms with Crippen molar-refractivity contribution in [3.8, 4) is 0 Å². The minimum Gasteiger partial charge on any atom is -0.383 e. The molecule has 1 rings (SSSR count). The maximum Gasteiger partial charge on any atom is 0.335 e. The van der Waals surface area contributed by atoms with Gasteiger partial charge < -0.3 is 20.2 Å². The van der Waals surface area contributed by atoms with Crippen LogP contribution < -0.4 is 5.73 Å². The van der Waals surface area contributed by atoms with Gasteiger partial charge in [0.1, 0.15) is 0 Å². The highest BCUT2D eigenvalue weighted by Gasteiger charge is 2.18. The van der Waals surface area contributed by atoms with E-state index in [1.165, 1.54) is 0 Å². The lowest BCUT2D eigenvalue weighted by Gasteiger charge is -2.26. The van der Waals surface area contributed by atoms with Gasteiger partial charge in [0.25, 0.3) is 0 Å². The SMILES string of the molecule is N/C(CCl)=N/OC(=O)CCC(=O)N1CCOCC1. The molecule has 0 aromatic heterocycles. The molecular weight excluding hydrogens is 262 g/mol. The molecule has 1 aliphatic rings. The van der Waals surface area contributed by atoms with Gasteiger partial charge in [-0.3, -0.25) is 4.79 Å². The standard InChI is InChI=1S/C10H16ClN3O4/c11-7-8(12)13-18-10(16)2-1-9(15)14-3-5-17-6-4-14/h1-7H2,(H2,12,13). The van der Waals surface area contributed by atoms with Crippen LogP contribution in [0.5, 0.6) is 0 Å². The van der Waals surface area contributed by atoms with Gasteiger partial charge in [0.15, 0.2) is 5.84 Å². The van der Waals surface area contributed by atoms with E-state index in [2.05, 4.69) is 9.99 Å². The smallest absolute Gasteiger partial charge is 0.335 e. The van der Waals surface area contributed by atoms with Gasteiger partial charge in [-0.05, 0) is 0 Å². The van der Waals surface area contributed by atoms with E-state index in [4.69, 9.17) is 22.1 Å². The number of morpholine rings is 1. The Balaban J connectivity index is 2.23. The zero-order valence-electron chi connectivity index (χ0n) is 9.93. The summed E-state index contributed by atoms with van der Waals surface area (Å²) in [4.78, 5) is 29.0. The van der Waals surface area contributed by atoms with Crippen molar-refractivity contribution in [2.75, 3.05) is 32.2 Å². The van der Waals surface area contributed by atoms with Crippen LogP contribution in [0.25, 0.3) is 0 Å². The van der Waals surface area contributed by atoms with Crippen molar-refractivity contribution in [2.24, 2.45) is 10.9 Å². The predicted molar refractivity (Wildman–Crippen MR) is 65.1 cm³/mol. The first-order valence-corrected chi connectivity index (χ1v) is 6.10. The number of carbonyl (C=O) groups is 2. The largest absolute Gasteiger partial charge is 0.383 e. The van der Waals surface area contributed by atoms with Gasteiger partial charge in [0, 0.05) is 19.5 Å². The molecule has 1 saturated heterocycles. The van der Waals surface area contributed by atoms with Crippen molar-refractivity contribution in [3.63, 3.8) is 0 Å². The fraction of sp³-hybridized carbons (Fsp3) is 0.700. The summed E-state index contributed by atoms with van der Waals surface area (Å²) in [5.74, 6) is -0.696. The number of amides is 1. The van der Waals surface area contributed by atoms with Crippen molar-refractivity contribution < 1.29 is 19.2 Å². The van der Waals surface area contributed by atoms with E-state index in [1.807, 2.05) is 0 Å². The van der Waals surface area contributed by atoms with Crippen LogP contribution >= 0.6 is 11.6 Å². The second-order valence-electron chi connectivity index (χ2n) is 3.67. The molecule has 1 amide bonds. The van der Waals surface area contributed by atoms with E-state index < -0.39 is 5.97 Å². The predicted octanol–water partition coefficient (Wildman–Crippen LogP) is -0.320. The molecule has 0 atom stereocenters. The number of oxime groups is 1. The lowest BCUT2D eigenvalue weighted by Crippen LogP contribution is -2.40. The number of halogens is 1. The van der Waals surface area contributed by atoms with Crippen LogP contribution in [0.1, 0.15) is 12.8 Å². The highest BCUT2D eigenvalue weighted by molar-refractivity contribution is 6.27. The highest BCUT2D eigenvalue weighted by Crippen LogP contribution is 2.03. The number of alkyl halides is 1. The number of rotatable bonds is 5. The molecule has 1 heterocycles. The molecule has 0 radical (unpaired) electrons. The van der Waals surface area contributed by atoms with Crippen LogP contribution in [0, 0.1) is 0 Å². The fourth-order valence-electron chi connectivity index (χ4n) is 1.36. The monoisotopic (exact) mass is 277 g/mol. The highest BCUT2D eigenvalue weighted by atomic mass is 35.5. The number of amidine groups is 1. The van der Waals surface area contributed by atoms with Crippen LogP contribution in [0.3, 0.4) is 0 Å². The van der Waals surface area contributed by atoms with E-state index in [1.54, 1.807) is 4.90 Å². The van der Waals surface area contributed by atoms with Crippen molar-refractivity contribution in [3.05, 3.63) is 0 Å². The van der Waals surface area contributed by atoms with E-state index in [0.29, 0.717) is 26.3 Å². The Morgan fingerprint density at radius 2 is 2.00 bits per heavy atom. The normalized spacial score (nSPS) is 16.5. The van der Waals surface area contributed by atoms with Crippen LogP contribution in [0.4, 0.5) is 0 Å². The van der Waals surface area contributed by atoms with E-state index >= 15 is 0 Å². The summed E-state index contributed by atoms with van der Waals surface area (Å²) < 4.78 is 5.12. The Bertz CT molecular complexity index is 329. The molecule has 0 aliphatic carbocycles. The summed E-state index contributed by atoms with van der Waals surface area (Å²) >= 11 is 5.34. The molecule has 0 unspecified atom stereocenters. The third-order valence-corrected chi connectivity index (χ3v) is 2.58. The number of hydrogen-bond acceptors (Lipinski definition) is 5. The van der Waals surface area contributed by atoms with Crippen molar-refractivity contribution >= 4 is 29.3 Å². The third-order valence-electron chi connectivity index (χ3n) is 2.31. The molecule has 7 nitrogen and oxygen atoms in total. The van der Waals surface area contributed by atoms with Crippen molar-refractivity contribution in [1.82, 2.24) is 4.90 Å². The van der Waals surface area contributed by atoms with Crippen molar-refractivity contribution in [2.45, 2.75) is 12.8 Å². The molecule has 18 heavy (non-hydrogen) atoms. The third kappa shape index (κ3) is 5.33. The summed E-state index contributed by atoms with van der Waals surface area (Å²) in [7, 11) is 0. The fourth-order valence-corrected chi connectivity index (χ4v) is 1.41. The van der Waals surface area contributed by atoms with Gasteiger partial charge in [-0.2, -0.15) is 0 Å². The molecule has 0 bridgehead atoms. The Hall–Kier alpha value is -1.34. The van der Waals surface area contributed by atoms with Crippen LogP contribution in [0.15, 0.2) is 5.16 Å². The minimum atomic E-state index is -0.607. The summed E-state index contributed by atoms with van der Waals surface area (Å²) in [6, 6.07) is 0. The number of nitrogens with two attached hydrogens (primary N) is 1. The Labute approximate surface area is 110 Å². The average molecular weight is 278 g/mol. The second kappa shape index (κ2) is 7.88. The van der Waals surface area contributed by atoms with Gasteiger partial charge in [0.05, 0.1) is 25.5 Å². The molecular formula is C10H16ClN3O4. The van der Waals surface area contributed by atoms with Crippen LogP contribution in [0.2, 0.25) is 0 Å². The van der Waals surface area contributed by atoms with E-state index in [9.17, 15) is 9.59 Å². The minimum absolute atomic E-state index is 0.0139. The van der Waals surface area contributed by atoms with Gasteiger partial charge in [-0.1, -0.05) is 5.16 Å².